The lowest BCUT2D eigenvalue weighted by Crippen LogP contribution is -2.26. The summed E-state index contributed by atoms with van der Waals surface area (Å²) in [4.78, 5) is 0. The molecule has 16 heavy (non-hydrogen) atoms. The fourth-order valence-electron chi connectivity index (χ4n) is 2.06. The van der Waals surface area contributed by atoms with Crippen LogP contribution in [0.25, 0.3) is 0 Å². The molecule has 0 aliphatic heterocycles. The van der Waals surface area contributed by atoms with Crippen molar-refractivity contribution in [3.8, 4) is 0 Å². The van der Waals surface area contributed by atoms with Crippen molar-refractivity contribution in [3.05, 3.63) is 35.4 Å². The third kappa shape index (κ3) is 3.34. The van der Waals surface area contributed by atoms with Crippen molar-refractivity contribution in [1.29, 1.82) is 0 Å². The Morgan fingerprint density at radius 3 is 2.50 bits per heavy atom. The Hall–Kier alpha value is -0.820. The highest BCUT2D eigenvalue weighted by Crippen LogP contribution is 2.41. The lowest BCUT2D eigenvalue weighted by atomic mass is 9.96. The predicted octanol–water partition coefficient (Wildman–Crippen LogP) is 3.70. The number of hydrogen-bond acceptors (Lipinski definition) is 1. The molecule has 0 amide bonds. The van der Waals surface area contributed by atoms with Gasteiger partial charge in [0, 0.05) is 13.1 Å². The highest BCUT2D eigenvalue weighted by Gasteiger charge is 2.25. The summed E-state index contributed by atoms with van der Waals surface area (Å²) in [6.07, 6.45) is 2.77. The van der Waals surface area contributed by atoms with Crippen molar-refractivity contribution in [2.45, 2.75) is 46.1 Å². The van der Waals surface area contributed by atoms with Gasteiger partial charge in [-0.15, -0.1) is 0 Å². The molecule has 1 saturated carbocycles. The number of hydrogen-bond donors (Lipinski definition) is 1. The van der Waals surface area contributed by atoms with Crippen LogP contribution in [0.3, 0.4) is 0 Å². The first-order valence-electron chi connectivity index (χ1n) is 6.35. The van der Waals surface area contributed by atoms with Crippen LogP contribution in [0.15, 0.2) is 24.3 Å². The van der Waals surface area contributed by atoms with Gasteiger partial charge in [-0.05, 0) is 35.3 Å². The molecule has 88 valence electrons. The summed E-state index contributed by atoms with van der Waals surface area (Å²) in [5, 5.41) is 3.56. The van der Waals surface area contributed by atoms with Gasteiger partial charge in [0.15, 0.2) is 0 Å². The van der Waals surface area contributed by atoms with Gasteiger partial charge in [0.1, 0.15) is 0 Å². The Morgan fingerprint density at radius 1 is 1.19 bits per heavy atom. The zero-order chi connectivity index (χ0) is 11.6. The molecular weight excluding hydrogens is 194 g/mol. The van der Waals surface area contributed by atoms with Gasteiger partial charge in [0.2, 0.25) is 0 Å². The maximum atomic E-state index is 3.56. The van der Waals surface area contributed by atoms with Crippen LogP contribution in [-0.2, 0) is 6.54 Å². The Labute approximate surface area is 99.3 Å². The fourth-order valence-corrected chi connectivity index (χ4v) is 2.06. The van der Waals surface area contributed by atoms with E-state index in [-0.39, 0.29) is 0 Å². The Bertz CT molecular complexity index is 345. The minimum Gasteiger partial charge on any atom is -0.312 e. The van der Waals surface area contributed by atoms with Crippen LogP contribution in [0.5, 0.6) is 0 Å². The van der Waals surface area contributed by atoms with Crippen molar-refractivity contribution in [3.63, 3.8) is 0 Å². The van der Waals surface area contributed by atoms with E-state index in [9.17, 15) is 0 Å². The summed E-state index contributed by atoms with van der Waals surface area (Å²) in [6, 6.07) is 8.88. The first kappa shape index (κ1) is 11.7. The van der Waals surface area contributed by atoms with E-state index in [0.717, 1.165) is 19.0 Å². The third-order valence-corrected chi connectivity index (χ3v) is 3.04. The molecule has 1 aromatic rings. The molecule has 1 heteroatoms. The summed E-state index contributed by atoms with van der Waals surface area (Å²) in [5.41, 5.74) is 3.44. The van der Waals surface area contributed by atoms with E-state index in [0.29, 0.717) is 5.41 Å². The first-order chi connectivity index (χ1) is 7.56. The zero-order valence-electron chi connectivity index (χ0n) is 10.7. The molecule has 0 heterocycles. The standard InChI is InChI=1S/C15H23N/c1-15(2,3)11-16-10-13-6-4-5-7-14(13)12-8-9-12/h4-7,12,16H,8-11H2,1-3H3. The normalized spacial score (nSPS) is 16.4. The van der Waals surface area contributed by atoms with E-state index in [2.05, 4.69) is 50.4 Å². The molecule has 1 nitrogen and oxygen atoms in total. The van der Waals surface area contributed by atoms with E-state index in [1.807, 2.05) is 0 Å². The second-order valence-electron chi connectivity index (χ2n) is 6.14. The van der Waals surface area contributed by atoms with E-state index in [1.54, 1.807) is 5.56 Å². The lowest BCUT2D eigenvalue weighted by molar-refractivity contribution is 0.379. The van der Waals surface area contributed by atoms with Crippen LogP contribution in [-0.4, -0.2) is 6.54 Å². The summed E-state index contributed by atoms with van der Waals surface area (Å²) >= 11 is 0. The minimum atomic E-state index is 0.370. The topological polar surface area (TPSA) is 12.0 Å². The Kier molecular flexibility index (Phi) is 3.34. The third-order valence-electron chi connectivity index (χ3n) is 3.04. The van der Waals surface area contributed by atoms with Gasteiger partial charge in [-0.1, -0.05) is 45.0 Å². The quantitative estimate of drug-likeness (QED) is 0.811. The molecule has 1 aliphatic rings. The van der Waals surface area contributed by atoms with E-state index >= 15 is 0 Å². The number of nitrogens with one attached hydrogen (secondary N) is 1. The van der Waals surface area contributed by atoms with Crippen LogP contribution < -0.4 is 5.32 Å². The molecule has 0 unspecified atom stereocenters. The monoisotopic (exact) mass is 217 g/mol. The highest BCUT2D eigenvalue weighted by atomic mass is 14.9. The highest BCUT2D eigenvalue weighted by molar-refractivity contribution is 5.33. The average molecular weight is 217 g/mol. The lowest BCUT2D eigenvalue weighted by Gasteiger charge is -2.19. The second-order valence-corrected chi connectivity index (χ2v) is 6.14. The first-order valence-corrected chi connectivity index (χ1v) is 6.35. The maximum absolute atomic E-state index is 3.56. The molecule has 0 spiro atoms. The van der Waals surface area contributed by atoms with Crippen molar-refractivity contribution < 1.29 is 0 Å². The molecule has 1 fully saturated rings. The maximum Gasteiger partial charge on any atom is 0.0208 e. The molecule has 0 bridgehead atoms. The van der Waals surface area contributed by atoms with E-state index < -0.39 is 0 Å². The SMILES string of the molecule is CC(C)(C)CNCc1ccccc1C1CC1. The Morgan fingerprint density at radius 2 is 1.88 bits per heavy atom. The number of rotatable bonds is 4. The molecule has 1 N–H and O–H groups in total. The van der Waals surface area contributed by atoms with Crippen LogP contribution in [0.2, 0.25) is 0 Å². The van der Waals surface area contributed by atoms with Gasteiger partial charge >= 0.3 is 0 Å². The smallest absolute Gasteiger partial charge is 0.0208 e. The van der Waals surface area contributed by atoms with E-state index in [1.165, 1.54) is 18.4 Å². The van der Waals surface area contributed by atoms with Crippen LogP contribution >= 0.6 is 0 Å². The largest absolute Gasteiger partial charge is 0.312 e. The molecular formula is C15H23N. The van der Waals surface area contributed by atoms with Crippen molar-refractivity contribution in [1.82, 2.24) is 5.32 Å². The Balaban J connectivity index is 1.93. The molecule has 0 saturated heterocycles. The van der Waals surface area contributed by atoms with Crippen molar-refractivity contribution in [2.75, 3.05) is 6.54 Å². The zero-order valence-corrected chi connectivity index (χ0v) is 10.7. The predicted molar refractivity (Wildman–Crippen MR) is 69.6 cm³/mol. The summed E-state index contributed by atoms with van der Waals surface area (Å²) in [6.45, 7) is 8.91. The van der Waals surface area contributed by atoms with Gasteiger partial charge in [-0.3, -0.25) is 0 Å². The summed E-state index contributed by atoms with van der Waals surface area (Å²) in [5.74, 6) is 0.854. The van der Waals surface area contributed by atoms with Crippen molar-refractivity contribution >= 4 is 0 Å². The van der Waals surface area contributed by atoms with Gasteiger partial charge in [-0.2, -0.15) is 0 Å². The van der Waals surface area contributed by atoms with Gasteiger partial charge < -0.3 is 5.32 Å². The van der Waals surface area contributed by atoms with Crippen LogP contribution in [0.1, 0.15) is 50.7 Å². The summed E-state index contributed by atoms with van der Waals surface area (Å²) < 4.78 is 0. The van der Waals surface area contributed by atoms with Gasteiger partial charge in [0.25, 0.3) is 0 Å². The molecule has 0 aromatic heterocycles. The average Bonchev–Trinajstić information content (AvgIpc) is 3.00. The van der Waals surface area contributed by atoms with Crippen LogP contribution in [0, 0.1) is 5.41 Å². The second kappa shape index (κ2) is 4.58. The fraction of sp³-hybridized carbons (Fsp3) is 0.600. The van der Waals surface area contributed by atoms with Crippen molar-refractivity contribution in [2.24, 2.45) is 5.41 Å². The molecule has 0 radical (unpaired) electrons. The van der Waals surface area contributed by atoms with Gasteiger partial charge in [-0.25, -0.2) is 0 Å². The van der Waals surface area contributed by atoms with Crippen LogP contribution in [0.4, 0.5) is 0 Å². The van der Waals surface area contributed by atoms with Gasteiger partial charge in [0.05, 0.1) is 0 Å². The number of benzene rings is 1. The molecule has 1 aromatic carbocycles. The summed E-state index contributed by atoms with van der Waals surface area (Å²) in [7, 11) is 0. The van der Waals surface area contributed by atoms with E-state index in [4.69, 9.17) is 0 Å². The molecule has 0 atom stereocenters. The molecule has 1 aliphatic carbocycles. The molecule has 2 rings (SSSR count). The minimum absolute atomic E-state index is 0.370.